The van der Waals surface area contributed by atoms with Gasteiger partial charge in [0.15, 0.2) is 11.2 Å². The van der Waals surface area contributed by atoms with Crippen LogP contribution in [0.25, 0.3) is 11.2 Å². The smallest absolute Gasteiger partial charge is 0.333 e. The standard InChI is InChI=1S/C23H20ClN5O5/c1-33-16-6-3-14(4-7-16)12-29-22(31)20-21(26-10-9-25-20)28(23(29)32)13-19(30)27-17-11-15(24)5-8-18(17)34-2/h3-11H,12-13H2,1-2H3,(H,27,30). The van der Waals surface area contributed by atoms with Gasteiger partial charge >= 0.3 is 5.69 Å². The van der Waals surface area contributed by atoms with Crippen molar-refractivity contribution in [3.05, 3.63) is 86.3 Å². The molecule has 0 atom stereocenters. The number of carbonyl (C=O) groups excluding carboxylic acids is 1. The zero-order valence-corrected chi connectivity index (χ0v) is 19.1. The molecule has 2 aromatic heterocycles. The van der Waals surface area contributed by atoms with E-state index in [-0.39, 0.29) is 17.7 Å². The Morgan fingerprint density at radius 1 is 1.00 bits per heavy atom. The van der Waals surface area contributed by atoms with Crippen molar-refractivity contribution in [1.82, 2.24) is 19.1 Å². The summed E-state index contributed by atoms with van der Waals surface area (Å²) in [5, 5.41) is 3.08. The summed E-state index contributed by atoms with van der Waals surface area (Å²) < 4.78 is 12.5. The van der Waals surface area contributed by atoms with E-state index in [0.29, 0.717) is 27.8 Å². The van der Waals surface area contributed by atoms with Gasteiger partial charge in [-0.2, -0.15) is 0 Å². The quantitative estimate of drug-likeness (QED) is 0.430. The molecule has 0 aliphatic carbocycles. The van der Waals surface area contributed by atoms with Gasteiger partial charge in [-0.25, -0.2) is 14.8 Å². The maximum absolute atomic E-state index is 13.3. The number of hydrogen-bond donors (Lipinski definition) is 1. The highest BCUT2D eigenvalue weighted by molar-refractivity contribution is 6.31. The highest BCUT2D eigenvalue weighted by atomic mass is 35.5. The topological polar surface area (TPSA) is 117 Å². The zero-order chi connectivity index (χ0) is 24.2. The van der Waals surface area contributed by atoms with E-state index in [2.05, 4.69) is 15.3 Å². The molecule has 0 saturated heterocycles. The van der Waals surface area contributed by atoms with Crippen LogP contribution in [0.3, 0.4) is 0 Å². The van der Waals surface area contributed by atoms with E-state index < -0.39 is 23.7 Å². The van der Waals surface area contributed by atoms with Gasteiger partial charge in [-0.3, -0.25) is 18.7 Å². The maximum atomic E-state index is 13.3. The first-order valence-electron chi connectivity index (χ1n) is 10.1. The van der Waals surface area contributed by atoms with Gasteiger partial charge in [0, 0.05) is 17.4 Å². The van der Waals surface area contributed by atoms with Crippen LogP contribution in [-0.4, -0.2) is 39.2 Å². The second kappa shape index (κ2) is 9.75. The highest BCUT2D eigenvalue weighted by Gasteiger charge is 2.18. The largest absolute Gasteiger partial charge is 0.497 e. The van der Waals surface area contributed by atoms with Crippen molar-refractivity contribution in [2.45, 2.75) is 13.1 Å². The molecule has 0 bridgehead atoms. The number of carbonyl (C=O) groups is 1. The average molecular weight is 482 g/mol. The predicted octanol–water partition coefficient (Wildman–Crippen LogP) is 2.31. The van der Waals surface area contributed by atoms with Crippen LogP contribution in [0.5, 0.6) is 11.5 Å². The lowest BCUT2D eigenvalue weighted by molar-refractivity contribution is -0.116. The first kappa shape index (κ1) is 23.0. The molecule has 2 aromatic carbocycles. The monoisotopic (exact) mass is 481 g/mol. The molecule has 4 aromatic rings. The van der Waals surface area contributed by atoms with Gasteiger partial charge in [0.05, 0.1) is 26.5 Å². The maximum Gasteiger partial charge on any atom is 0.333 e. The molecule has 1 N–H and O–H groups in total. The van der Waals surface area contributed by atoms with Gasteiger partial charge in [-0.05, 0) is 35.9 Å². The van der Waals surface area contributed by atoms with Crippen LogP contribution in [-0.2, 0) is 17.9 Å². The average Bonchev–Trinajstić information content (AvgIpc) is 2.85. The molecule has 0 fully saturated rings. The van der Waals surface area contributed by atoms with Crippen molar-refractivity contribution < 1.29 is 14.3 Å². The lowest BCUT2D eigenvalue weighted by Gasteiger charge is -2.14. The molecule has 4 rings (SSSR count). The summed E-state index contributed by atoms with van der Waals surface area (Å²) in [5.41, 5.74) is -0.266. The van der Waals surface area contributed by atoms with Crippen LogP contribution in [0.1, 0.15) is 5.56 Å². The number of nitrogens with one attached hydrogen (secondary N) is 1. The number of ether oxygens (including phenoxy) is 2. The molecular weight excluding hydrogens is 462 g/mol. The first-order valence-corrected chi connectivity index (χ1v) is 10.5. The normalized spacial score (nSPS) is 10.8. The number of amides is 1. The second-order valence-electron chi connectivity index (χ2n) is 7.23. The fourth-order valence-electron chi connectivity index (χ4n) is 3.44. The van der Waals surface area contributed by atoms with Crippen LogP contribution in [0, 0.1) is 0 Å². The van der Waals surface area contributed by atoms with Crippen molar-refractivity contribution in [2.24, 2.45) is 0 Å². The molecule has 0 radical (unpaired) electrons. The van der Waals surface area contributed by atoms with Crippen molar-refractivity contribution in [1.29, 1.82) is 0 Å². The number of rotatable bonds is 7. The highest BCUT2D eigenvalue weighted by Crippen LogP contribution is 2.27. The number of halogens is 1. The van der Waals surface area contributed by atoms with Gasteiger partial charge in [-0.15, -0.1) is 0 Å². The van der Waals surface area contributed by atoms with E-state index >= 15 is 0 Å². The van der Waals surface area contributed by atoms with E-state index in [4.69, 9.17) is 21.1 Å². The SMILES string of the molecule is COc1ccc(Cn2c(=O)c3nccnc3n(CC(=O)Nc3cc(Cl)ccc3OC)c2=O)cc1. The number of fused-ring (bicyclic) bond motifs is 1. The Hall–Kier alpha value is -4.18. The zero-order valence-electron chi connectivity index (χ0n) is 18.3. The molecule has 10 nitrogen and oxygen atoms in total. The minimum atomic E-state index is -0.693. The number of methoxy groups -OCH3 is 2. The third kappa shape index (κ3) is 4.62. The fraction of sp³-hybridized carbons (Fsp3) is 0.174. The van der Waals surface area contributed by atoms with Crippen molar-refractivity contribution >= 4 is 34.4 Å². The van der Waals surface area contributed by atoms with E-state index in [1.165, 1.54) is 25.6 Å². The van der Waals surface area contributed by atoms with Crippen molar-refractivity contribution in [2.75, 3.05) is 19.5 Å². The second-order valence-corrected chi connectivity index (χ2v) is 7.67. The molecule has 0 aliphatic rings. The summed E-state index contributed by atoms with van der Waals surface area (Å²) in [5.74, 6) is 0.509. The Kier molecular flexibility index (Phi) is 6.60. The van der Waals surface area contributed by atoms with E-state index in [0.717, 1.165) is 9.13 Å². The Bertz CT molecular complexity index is 1480. The summed E-state index contributed by atoms with van der Waals surface area (Å²) in [7, 11) is 3.01. The van der Waals surface area contributed by atoms with Gasteiger partial charge in [0.2, 0.25) is 5.91 Å². The number of nitrogens with zero attached hydrogens (tertiary/aromatic N) is 4. The van der Waals surface area contributed by atoms with Gasteiger partial charge in [-0.1, -0.05) is 23.7 Å². The number of benzene rings is 2. The lowest BCUT2D eigenvalue weighted by atomic mass is 10.2. The first-order chi connectivity index (χ1) is 16.4. The summed E-state index contributed by atoms with van der Waals surface area (Å²) in [6, 6.07) is 11.7. The molecule has 0 unspecified atom stereocenters. The van der Waals surface area contributed by atoms with E-state index in [9.17, 15) is 14.4 Å². The Morgan fingerprint density at radius 3 is 2.44 bits per heavy atom. The molecule has 0 aliphatic heterocycles. The Morgan fingerprint density at radius 2 is 1.74 bits per heavy atom. The van der Waals surface area contributed by atoms with E-state index in [1.807, 2.05) is 0 Å². The molecule has 0 spiro atoms. The van der Waals surface area contributed by atoms with Crippen molar-refractivity contribution in [3.8, 4) is 11.5 Å². The summed E-state index contributed by atoms with van der Waals surface area (Å²) >= 11 is 6.03. The lowest BCUT2D eigenvalue weighted by Crippen LogP contribution is -2.42. The summed E-state index contributed by atoms with van der Waals surface area (Å²) in [6.45, 7) is -0.426. The fourth-order valence-corrected chi connectivity index (χ4v) is 3.61. The molecule has 2 heterocycles. The van der Waals surface area contributed by atoms with Gasteiger partial charge in [0.1, 0.15) is 18.0 Å². The van der Waals surface area contributed by atoms with Crippen LogP contribution in [0.4, 0.5) is 5.69 Å². The Balaban J connectivity index is 1.73. The predicted molar refractivity (Wildman–Crippen MR) is 127 cm³/mol. The van der Waals surface area contributed by atoms with E-state index in [1.54, 1.807) is 43.5 Å². The van der Waals surface area contributed by atoms with Crippen LogP contribution in [0.15, 0.2) is 64.4 Å². The van der Waals surface area contributed by atoms with Crippen molar-refractivity contribution in [3.63, 3.8) is 0 Å². The summed E-state index contributed by atoms with van der Waals surface area (Å²) in [4.78, 5) is 47.4. The molecule has 174 valence electrons. The van der Waals surface area contributed by atoms with Crippen LogP contribution < -0.4 is 26.0 Å². The number of anilines is 1. The molecule has 11 heteroatoms. The van der Waals surface area contributed by atoms with Gasteiger partial charge < -0.3 is 14.8 Å². The molecular formula is C23H20ClN5O5. The third-order valence-corrected chi connectivity index (χ3v) is 5.32. The number of aromatic nitrogens is 4. The molecule has 0 saturated carbocycles. The van der Waals surface area contributed by atoms with Crippen LogP contribution in [0.2, 0.25) is 5.02 Å². The molecule has 34 heavy (non-hydrogen) atoms. The van der Waals surface area contributed by atoms with Crippen LogP contribution >= 0.6 is 11.6 Å². The summed E-state index contributed by atoms with van der Waals surface area (Å²) in [6.07, 6.45) is 2.70. The minimum absolute atomic E-state index is 0.0108. The minimum Gasteiger partial charge on any atom is -0.497 e. The Labute approximate surface area is 198 Å². The number of hydrogen-bond acceptors (Lipinski definition) is 7. The third-order valence-electron chi connectivity index (χ3n) is 5.08. The molecule has 1 amide bonds. The van der Waals surface area contributed by atoms with Gasteiger partial charge in [0.25, 0.3) is 5.56 Å².